The quantitative estimate of drug-likeness (QED) is 0.670. The highest BCUT2D eigenvalue weighted by Crippen LogP contribution is 2.43. The molecule has 1 aliphatic heterocycles. The summed E-state index contributed by atoms with van der Waals surface area (Å²) in [5, 5.41) is 4.70. The Morgan fingerprint density at radius 3 is 2.68 bits per heavy atom. The van der Waals surface area contributed by atoms with E-state index in [1.807, 2.05) is 7.05 Å². The monoisotopic (exact) mass is 320 g/mol. The van der Waals surface area contributed by atoms with Gasteiger partial charge in [0.1, 0.15) is 0 Å². The molecular weight excluding hydrogens is 292 g/mol. The van der Waals surface area contributed by atoms with Crippen molar-refractivity contribution in [1.82, 2.24) is 15.2 Å². The lowest BCUT2D eigenvalue weighted by Gasteiger charge is -2.33. The maximum absolute atomic E-state index is 4.52. The Morgan fingerprint density at radius 2 is 2.05 bits per heavy atom. The van der Waals surface area contributed by atoms with Crippen molar-refractivity contribution in [2.45, 2.75) is 58.9 Å². The molecule has 0 atom stereocenters. The van der Waals surface area contributed by atoms with E-state index in [9.17, 15) is 0 Å². The van der Waals surface area contributed by atoms with Gasteiger partial charge in [-0.1, -0.05) is 19.3 Å². The number of nitrogens with zero attached hydrogens (tertiary/aromatic N) is 3. The zero-order valence-electron chi connectivity index (χ0n) is 14.1. The summed E-state index contributed by atoms with van der Waals surface area (Å²) in [6.45, 7) is 7.35. The van der Waals surface area contributed by atoms with Crippen LogP contribution < -0.4 is 5.32 Å². The van der Waals surface area contributed by atoms with Crippen molar-refractivity contribution in [2.75, 3.05) is 20.1 Å². The SMILES string of the molecule is CN=C(NCc1sc(C)nc1C)N1CCC2(CCCCC2)C1. The minimum Gasteiger partial charge on any atom is -0.351 e. The van der Waals surface area contributed by atoms with Crippen LogP contribution in [0.15, 0.2) is 4.99 Å². The first-order chi connectivity index (χ1) is 10.6. The standard InChI is InChI=1S/C17H28N4S/c1-13-15(22-14(2)20-13)11-19-16(18-3)21-10-9-17(12-21)7-5-4-6-8-17/h4-12H2,1-3H3,(H,18,19). The van der Waals surface area contributed by atoms with Crippen LogP contribution in [-0.4, -0.2) is 36.0 Å². The van der Waals surface area contributed by atoms with Crippen LogP contribution in [0.2, 0.25) is 0 Å². The average Bonchev–Trinajstić information content (AvgIpc) is 3.05. The van der Waals surface area contributed by atoms with Crippen LogP contribution in [0.4, 0.5) is 0 Å². The van der Waals surface area contributed by atoms with Gasteiger partial charge in [-0.25, -0.2) is 4.98 Å². The van der Waals surface area contributed by atoms with E-state index in [0.29, 0.717) is 5.41 Å². The van der Waals surface area contributed by atoms with Crippen LogP contribution >= 0.6 is 11.3 Å². The molecule has 0 bridgehead atoms. The minimum absolute atomic E-state index is 0.576. The van der Waals surface area contributed by atoms with Gasteiger partial charge in [-0.3, -0.25) is 4.99 Å². The molecule has 3 rings (SSSR count). The molecule has 0 radical (unpaired) electrons. The summed E-state index contributed by atoms with van der Waals surface area (Å²) in [5.74, 6) is 1.06. The number of nitrogens with one attached hydrogen (secondary N) is 1. The Hall–Kier alpha value is -1.10. The number of aryl methyl sites for hydroxylation is 2. The zero-order chi connectivity index (χ0) is 15.6. The summed E-state index contributed by atoms with van der Waals surface area (Å²) in [6, 6.07) is 0. The second-order valence-electron chi connectivity index (χ2n) is 6.87. The van der Waals surface area contributed by atoms with Crippen molar-refractivity contribution in [3.63, 3.8) is 0 Å². The number of hydrogen-bond donors (Lipinski definition) is 1. The zero-order valence-corrected chi connectivity index (χ0v) is 14.9. The molecule has 0 unspecified atom stereocenters. The highest BCUT2D eigenvalue weighted by molar-refractivity contribution is 7.11. The third-order valence-corrected chi connectivity index (χ3v) is 6.34. The van der Waals surface area contributed by atoms with Crippen LogP contribution in [0.5, 0.6) is 0 Å². The van der Waals surface area contributed by atoms with E-state index in [0.717, 1.165) is 29.8 Å². The first kappa shape index (κ1) is 15.8. The van der Waals surface area contributed by atoms with E-state index in [4.69, 9.17) is 0 Å². The lowest BCUT2D eigenvalue weighted by atomic mass is 9.73. The van der Waals surface area contributed by atoms with E-state index in [2.05, 4.69) is 34.0 Å². The Kier molecular flexibility index (Phi) is 4.71. The average molecular weight is 321 g/mol. The molecule has 122 valence electrons. The second-order valence-corrected chi connectivity index (χ2v) is 8.16. The first-order valence-electron chi connectivity index (χ1n) is 8.50. The van der Waals surface area contributed by atoms with Crippen molar-refractivity contribution < 1.29 is 0 Å². The third kappa shape index (κ3) is 3.29. The molecule has 1 aromatic heterocycles. The normalized spacial score (nSPS) is 21.6. The molecule has 0 amide bonds. The number of thiazole rings is 1. The number of guanidine groups is 1. The summed E-state index contributed by atoms with van der Waals surface area (Å²) in [7, 11) is 1.90. The van der Waals surface area contributed by atoms with Crippen molar-refractivity contribution in [3.8, 4) is 0 Å². The number of rotatable bonds is 2. The van der Waals surface area contributed by atoms with Gasteiger partial charge in [0.2, 0.25) is 0 Å². The minimum atomic E-state index is 0.576. The molecule has 1 aliphatic carbocycles. The maximum atomic E-state index is 4.52. The highest BCUT2D eigenvalue weighted by atomic mass is 32.1. The molecule has 5 heteroatoms. The van der Waals surface area contributed by atoms with E-state index < -0.39 is 0 Å². The Bertz CT molecular complexity index is 543. The van der Waals surface area contributed by atoms with Crippen LogP contribution in [-0.2, 0) is 6.54 Å². The van der Waals surface area contributed by atoms with Crippen molar-refractivity contribution in [2.24, 2.45) is 10.4 Å². The van der Waals surface area contributed by atoms with Gasteiger partial charge < -0.3 is 10.2 Å². The molecule has 1 spiro atoms. The van der Waals surface area contributed by atoms with E-state index in [-0.39, 0.29) is 0 Å². The molecular formula is C17H28N4S. The first-order valence-corrected chi connectivity index (χ1v) is 9.32. The van der Waals surface area contributed by atoms with Gasteiger partial charge in [0.25, 0.3) is 0 Å². The molecule has 2 heterocycles. The molecule has 4 nitrogen and oxygen atoms in total. The van der Waals surface area contributed by atoms with Crippen molar-refractivity contribution in [1.29, 1.82) is 0 Å². The molecule has 1 saturated heterocycles. The summed E-state index contributed by atoms with van der Waals surface area (Å²) < 4.78 is 0. The van der Waals surface area contributed by atoms with E-state index in [1.165, 1.54) is 49.9 Å². The fourth-order valence-corrected chi connectivity index (χ4v) is 4.93. The molecule has 1 N–H and O–H groups in total. The van der Waals surface area contributed by atoms with Gasteiger partial charge in [-0.15, -0.1) is 11.3 Å². The van der Waals surface area contributed by atoms with E-state index >= 15 is 0 Å². The lowest BCUT2D eigenvalue weighted by Crippen LogP contribution is -2.41. The Morgan fingerprint density at radius 1 is 1.27 bits per heavy atom. The van der Waals surface area contributed by atoms with Crippen molar-refractivity contribution in [3.05, 3.63) is 15.6 Å². The summed E-state index contributed by atoms with van der Waals surface area (Å²) in [5.41, 5.74) is 1.72. The summed E-state index contributed by atoms with van der Waals surface area (Å²) in [4.78, 5) is 12.8. The maximum Gasteiger partial charge on any atom is 0.193 e. The van der Waals surface area contributed by atoms with Crippen molar-refractivity contribution >= 4 is 17.3 Å². The van der Waals surface area contributed by atoms with Gasteiger partial charge in [0.15, 0.2) is 5.96 Å². The number of hydrogen-bond acceptors (Lipinski definition) is 3. The highest BCUT2D eigenvalue weighted by Gasteiger charge is 2.39. The number of likely N-dealkylation sites (tertiary alicyclic amines) is 1. The van der Waals surface area contributed by atoms with Gasteiger partial charge in [0.05, 0.1) is 17.2 Å². The van der Waals surface area contributed by atoms with Gasteiger partial charge in [-0.2, -0.15) is 0 Å². The predicted molar refractivity (Wildman–Crippen MR) is 93.5 cm³/mol. The topological polar surface area (TPSA) is 40.5 Å². The predicted octanol–water partition coefficient (Wildman–Crippen LogP) is 3.49. The lowest BCUT2D eigenvalue weighted by molar-refractivity contribution is 0.203. The Balaban J connectivity index is 1.59. The van der Waals surface area contributed by atoms with Gasteiger partial charge in [0, 0.05) is 25.0 Å². The largest absolute Gasteiger partial charge is 0.351 e. The van der Waals surface area contributed by atoms with Gasteiger partial charge >= 0.3 is 0 Å². The molecule has 1 saturated carbocycles. The molecule has 0 aromatic carbocycles. The smallest absolute Gasteiger partial charge is 0.193 e. The fraction of sp³-hybridized carbons (Fsp3) is 0.765. The molecule has 1 aromatic rings. The van der Waals surface area contributed by atoms with Crippen LogP contribution in [0.3, 0.4) is 0 Å². The second kappa shape index (κ2) is 6.57. The third-order valence-electron chi connectivity index (χ3n) is 5.27. The number of aliphatic imine (C=N–C) groups is 1. The summed E-state index contributed by atoms with van der Waals surface area (Å²) in [6.07, 6.45) is 8.42. The molecule has 22 heavy (non-hydrogen) atoms. The van der Waals surface area contributed by atoms with Gasteiger partial charge in [-0.05, 0) is 38.5 Å². The van der Waals surface area contributed by atoms with E-state index in [1.54, 1.807) is 11.3 Å². The van der Waals surface area contributed by atoms with Crippen LogP contribution in [0.25, 0.3) is 0 Å². The molecule has 2 aliphatic rings. The number of aromatic nitrogens is 1. The van der Waals surface area contributed by atoms with Crippen LogP contribution in [0.1, 0.15) is 54.1 Å². The Labute approximate surface area is 138 Å². The summed E-state index contributed by atoms with van der Waals surface area (Å²) >= 11 is 1.78. The molecule has 2 fully saturated rings. The van der Waals surface area contributed by atoms with Crippen LogP contribution in [0, 0.1) is 19.3 Å². The fourth-order valence-electron chi connectivity index (χ4n) is 4.05.